The summed E-state index contributed by atoms with van der Waals surface area (Å²) in [6, 6.07) is 15.0. The van der Waals surface area contributed by atoms with E-state index in [9.17, 15) is 18.3 Å². The third kappa shape index (κ3) is 4.96. The number of rotatable bonds is 4. The number of aromatic nitrogens is 1. The number of halogens is 2. The molecule has 2 N–H and O–H groups in total. The van der Waals surface area contributed by atoms with Crippen molar-refractivity contribution in [3.8, 4) is 11.3 Å². The number of piperazine rings is 1. The Hall–Kier alpha value is -3.44. The van der Waals surface area contributed by atoms with E-state index in [4.69, 9.17) is 16.6 Å². The molecular formula is C29H31ClFN5O3S. The smallest absolute Gasteiger partial charge is 0.246 e. The van der Waals surface area contributed by atoms with Crippen LogP contribution in [0.25, 0.3) is 11.3 Å². The van der Waals surface area contributed by atoms with Crippen molar-refractivity contribution < 1.29 is 18.3 Å². The highest BCUT2D eigenvalue weighted by molar-refractivity contribution is 8.24. The number of hydrogen-bond donors (Lipinski definition) is 2. The van der Waals surface area contributed by atoms with Crippen molar-refractivity contribution in [2.45, 2.75) is 32.7 Å². The van der Waals surface area contributed by atoms with Crippen molar-refractivity contribution in [2.24, 2.45) is 4.40 Å². The Morgan fingerprint density at radius 3 is 2.52 bits per heavy atom. The number of anilines is 2. The van der Waals surface area contributed by atoms with Crippen LogP contribution in [0.1, 0.15) is 37.8 Å². The lowest BCUT2D eigenvalue weighted by Gasteiger charge is -2.48. The van der Waals surface area contributed by atoms with Crippen LogP contribution in [-0.2, 0) is 4.79 Å². The van der Waals surface area contributed by atoms with Gasteiger partial charge in [0.05, 0.1) is 22.0 Å². The summed E-state index contributed by atoms with van der Waals surface area (Å²) in [6.45, 7) is 10.7. The van der Waals surface area contributed by atoms with E-state index in [1.165, 1.54) is 16.4 Å². The molecule has 2 aliphatic rings. The van der Waals surface area contributed by atoms with E-state index in [1.54, 1.807) is 41.3 Å². The number of nitrogens with zero attached hydrogens (tertiary/aromatic N) is 5. The van der Waals surface area contributed by atoms with Gasteiger partial charge in [0.15, 0.2) is 11.7 Å². The molecule has 11 heteroatoms. The zero-order chi connectivity index (χ0) is 28.8. The minimum atomic E-state index is -3.84. The van der Waals surface area contributed by atoms with E-state index in [0.717, 1.165) is 5.56 Å². The molecule has 40 heavy (non-hydrogen) atoms. The molecule has 210 valence electrons. The van der Waals surface area contributed by atoms with E-state index in [1.807, 2.05) is 37.8 Å². The number of hydrogen-bond acceptors (Lipinski definition) is 7. The minimum Gasteiger partial charge on any atom is -0.348 e. The number of amidine groups is 1. The molecule has 1 atom stereocenters. The van der Waals surface area contributed by atoms with Gasteiger partial charge in [-0.25, -0.2) is 13.7 Å². The van der Waals surface area contributed by atoms with Gasteiger partial charge in [-0.15, -0.1) is 4.40 Å². The second-order valence-corrected chi connectivity index (χ2v) is 12.0. The van der Waals surface area contributed by atoms with E-state index >= 15 is 0 Å². The van der Waals surface area contributed by atoms with Crippen molar-refractivity contribution >= 4 is 45.8 Å². The lowest BCUT2D eigenvalue weighted by Crippen LogP contribution is -2.56. The molecule has 0 spiro atoms. The molecule has 0 aliphatic carbocycles. The van der Waals surface area contributed by atoms with Crippen LogP contribution < -0.4 is 4.31 Å². The zero-order valence-corrected chi connectivity index (χ0v) is 24.0. The first-order valence-corrected chi connectivity index (χ1v) is 14.8. The van der Waals surface area contributed by atoms with Gasteiger partial charge in [0, 0.05) is 31.2 Å². The number of carbonyl (C=O) groups is 1. The van der Waals surface area contributed by atoms with Crippen molar-refractivity contribution in [2.75, 3.05) is 23.9 Å². The predicted molar refractivity (Wildman–Crippen MR) is 160 cm³/mol. The molecular weight excluding hydrogens is 553 g/mol. The number of pyridine rings is 1. The van der Waals surface area contributed by atoms with E-state index in [2.05, 4.69) is 11.0 Å². The number of para-hydroxylation sites is 1. The summed E-state index contributed by atoms with van der Waals surface area (Å²) in [5.74, 6) is -0.107. The average Bonchev–Trinajstić information content (AvgIpc) is 2.92. The summed E-state index contributed by atoms with van der Waals surface area (Å²) in [6.07, 6.45) is 1.28. The van der Waals surface area contributed by atoms with Crippen molar-refractivity contribution in [3.05, 3.63) is 89.2 Å². The number of amides is 1. The van der Waals surface area contributed by atoms with Gasteiger partial charge in [0.1, 0.15) is 5.82 Å². The topological polar surface area (TPSA) is 92.5 Å². The van der Waals surface area contributed by atoms with Crippen LogP contribution in [0.5, 0.6) is 0 Å². The second kappa shape index (κ2) is 10.9. The molecule has 5 rings (SSSR count). The third-order valence-electron chi connectivity index (χ3n) is 7.14. The monoisotopic (exact) mass is 583 g/mol. The van der Waals surface area contributed by atoms with E-state index in [0.29, 0.717) is 36.7 Å². The Labute approximate surface area is 240 Å². The number of fused-ring (bicyclic) bond motifs is 1. The van der Waals surface area contributed by atoms with Crippen molar-refractivity contribution in [1.82, 2.24) is 14.8 Å². The lowest BCUT2D eigenvalue weighted by molar-refractivity contribution is -0.128. The fourth-order valence-corrected chi connectivity index (χ4v) is 6.75. The lowest BCUT2D eigenvalue weighted by atomic mass is 10.0. The molecule has 1 aromatic heterocycles. The number of carbonyl (C=O) groups excluding carboxylic acids is 1. The molecule has 1 unspecified atom stereocenters. The van der Waals surface area contributed by atoms with Crippen LogP contribution in [0, 0.1) is 5.82 Å². The van der Waals surface area contributed by atoms with Gasteiger partial charge < -0.3 is 9.80 Å². The summed E-state index contributed by atoms with van der Waals surface area (Å²) in [5, 5.41) is 0.195. The van der Waals surface area contributed by atoms with Gasteiger partial charge in [-0.1, -0.05) is 62.4 Å². The van der Waals surface area contributed by atoms with Crippen LogP contribution in [0.4, 0.5) is 15.9 Å². The summed E-state index contributed by atoms with van der Waals surface area (Å²) >= 11 is 6.74. The van der Waals surface area contributed by atoms with Crippen LogP contribution in [0.2, 0.25) is 5.02 Å². The Bertz CT molecular complexity index is 1510. The number of benzene rings is 2. The largest absolute Gasteiger partial charge is 0.348 e. The SMILES string of the molecule is C=CC(=O)N1CCN(C2=NS(O)(O)N(c3ccccc3C(C)C)c3nc(-c4ccccc4F)c(Cl)cc32)C(C)C1. The van der Waals surface area contributed by atoms with E-state index in [-0.39, 0.29) is 40.0 Å². The van der Waals surface area contributed by atoms with Crippen molar-refractivity contribution in [1.29, 1.82) is 0 Å². The maximum Gasteiger partial charge on any atom is 0.246 e. The highest BCUT2D eigenvalue weighted by Gasteiger charge is 2.41. The Kier molecular flexibility index (Phi) is 7.62. The van der Waals surface area contributed by atoms with Gasteiger partial charge >= 0.3 is 0 Å². The first kappa shape index (κ1) is 28.1. The van der Waals surface area contributed by atoms with Gasteiger partial charge in [-0.05, 0) is 59.7 Å². The van der Waals surface area contributed by atoms with Crippen LogP contribution in [-0.4, -0.2) is 61.3 Å². The Morgan fingerprint density at radius 1 is 1.15 bits per heavy atom. The summed E-state index contributed by atoms with van der Waals surface area (Å²) in [5.41, 5.74) is 2.24. The molecule has 3 heterocycles. The summed E-state index contributed by atoms with van der Waals surface area (Å²) < 4.78 is 44.0. The zero-order valence-electron chi connectivity index (χ0n) is 22.5. The quantitative estimate of drug-likeness (QED) is 0.326. The normalized spacial score (nSPS) is 19.2. The van der Waals surface area contributed by atoms with Crippen LogP contribution in [0.3, 0.4) is 0 Å². The Morgan fingerprint density at radius 2 is 1.85 bits per heavy atom. The summed E-state index contributed by atoms with van der Waals surface area (Å²) in [7, 11) is -3.84. The molecule has 2 aliphatic heterocycles. The van der Waals surface area contributed by atoms with Gasteiger partial charge in [-0.3, -0.25) is 13.9 Å². The highest BCUT2D eigenvalue weighted by Crippen LogP contribution is 2.58. The molecule has 1 amide bonds. The maximum atomic E-state index is 14.9. The molecule has 3 aromatic rings. The van der Waals surface area contributed by atoms with Crippen LogP contribution >= 0.6 is 22.6 Å². The maximum absolute atomic E-state index is 14.9. The molecule has 2 aromatic carbocycles. The minimum absolute atomic E-state index is 0.0501. The third-order valence-corrected chi connectivity index (χ3v) is 8.70. The van der Waals surface area contributed by atoms with Gasteiger partial charge in [0.2, 0.25) is 5.91 Å². The molecule has 0 saturated carbocycles. The van der Waals surface area contributed by atoms with Gasteiger partial charge in [-0.2, -0.15) is 0 Å². The van der Waals surface area contributed by atoms with Crippen LogP contribution in [0.15, 0.2) is 71.6 Å². The van der Waals surface area contributed by atoms with Gasteiger partial charge in [0.25, 0.3) is 0 Å². The predicted octanol–water partition coefficient (Wildman–Crippen LogP) is 6.86. The van der Waals surface area contributed by atoms with Crippen molar-refractivity contribution in [3.63, 3.8) is 0 Å². The molecule has 8 nitrogen and oxygen atoms in total. The fourth-order valence-electron chi connectivity index (χ4n) is 5.18. The Balaban J connectivity index is 1.72. The molecule has 1 fully saturated rings. The average molecular weight is 584 g/mol. The summed E-state index contributed by atoms with van der Waals surface area (Å²) in [4.78, 5) is 20.7. The molecule has 0 bridgehead atoms. The fraction of sp³-hybridized carbons (Fsp3) is 0.276. The van der Waals surface area contributed by atoms with E-state index < -0.39 is 16.8 Å². The second-order valence-electron chi connectivity index (χ2n) is 10.1. The first-order chi connectivity index (χ1) is 19.0. The highest BCUT2D eigenvalue weighted by atomic mass is 35.5. The molecule has 0 radical (unpaired) electrons. The molecule has 1 saturated heterocycles. The standard InChI is InChI=1S/C29H31ClFN5O3S/c1-5-26(37)34-14-15-35(19(4)17-34)29-22-16-23(30)27(21-11-6-8-12-24(21)31)32-28(22)36(40(38,39)33-29)25-13-9-7-10-20(25)18(2)3/h5-13,16,18-19,38-39H,1,14-15,17H2,2-4H3. The first-order valence-electron chi connectivity index (χ1n) is 12.9.